The fourth-order valence-corrected chi connectivity index (χ4v) is 2.84. The van der Waals surface area contributed by atoms with Crippen LogP contribution in [0.3, 0.4) is 0 Å². The Labute approximate surface area is 140 Å². The van der Waals surface area contributed by atoms with Crippen molar-refractivity contribution >= 4 is 17.5 Å². The molecule has 124 valence electrons. The van der Waals surface area contributed by atoms with E-state index in [1.165, 1.54) is 17.0 Å². The van der Waals surface area contributed by atoms with Crippen LogP contribution in [0, 0.1) is 19.7 Å². The number of hydrogen-bond donors (Lipinski definition) is 0. The quantitative estimate of drug-likeness (QED) is 0.851. The van der Waals surface area contributed by atoms with E-state index in [1.54, 1.807) is 17.9 Å². The van der Waals surface area contributed by atoms with Crippen molar-refractivity contribution in [3.8, 4) is 0 Å². The van der Waals surface area contributed by atoms with E-state index in [4.69, 9.17) is 0 Å². The molecular formula is C19H19FN2O2. The molecule has 1 aliphatic rings. The van der Waals surface area contributed by atoms with Crippen molar-refractivity contribution in [3.05, 3.63) is 65.0 Å². The Morgan fingerprint density at radius 1 is 1.04 bits per heavy atom. The standard InChI is InChI=1S/C19H19FN2O2/c1-13-3-7-16(8-4-13)22-10-9-21(12-18(22)23)19(24)17-11-15(20)6-5-14(17)2/h3-8,11H,9-10,12H2,1-2H3. The fraction of sp³-hybridized carbons (Fsp3) is 0.263. The van der Waals surface area contributed by atoms with E-state index >= 15 is 0 Å². The minimum Gasteiger partial charge on any atom is -0.328 e. The molecule has 0 aliphatic carbocycles. The Bertz CT molecular complexity index is 786. The highest BCUT2D eigenvalue weighted by Gasteiger charge is 2.29. The second-order valence-electron chi connectivity index (χ2n) is 6.07. The lowest BCUT2D eigenvalue weighted by Gasteiger charge is -2.34. The topological polar surface area (TPSA) is 40.6 Å². The summed E-state index contributed by atoms with van der Waals surface area (Å²) in [6, 6.07) is 11.9. The van der Waals surface area contributed by atoms with E-state index in [9.17, 15) is 14.0 Å². The zero-order valence-corrected chi connectivity index (χ0v) is 13.8. The first-order valence-corrected chi connectivity index (χ1v) is 7.88. The van der Waals surface area contributed by atoms with Gasteiger partial charge in [0.2, 0.25) is 5.91 Å². The molecule has 0 radical (unpaired) electrons. The lowest BCUT2D eigenvalue weighted by atomic mass is 10.1. The molecule has 3 rings (SSSR count). The highest BCUT2D eigenvalue weighted by atomic mass is 19.1. The third-order valence-electron chi connectivity index (χ3n) is 4.28. The Morgan fingerprint density at radius 3 is 2.42 bits per heavy atom. The summed E-state index contributed by atoms with van der Waals surface area (Å²) in [6.07, 6.45) is 0. The molecule has 2 aromatic rings. The van der Waals surface area contributed by atoms with Gasteiger partial charge in [0.1, 0.15) is 12.4 Å². The molecular weight excluding hydrogens is 307 g/mol. The number of carbonyl (C=O) groups excluding carboxylic acids is 2. The monoisotopic (exact) mass is 326 g/mol. The zero-order valence-electron chi connectivity index (χ0n) is 13.8. The summed E-state index contributed by atoms with van der Waals surface area (Å²) in [7, 11) is 0. The second kappa shape index (κ2) is 6.43. The van der Waals surface area contributed by atoms with Crippen LogP contribution in [0.4, 0.5) is 10.1 Å². The van der Waals surface area contributed by atoms with Gasteiger partial charge in [-0.2, -0.15) is 0 Å². The van der Waals surface area contributed by atoms with Crippen molar-refractivity contribution in [1.82, 2.24) is 4.90 Å². The van der Waals surface area contributed by atoms with E-state index < -0.39 is 5.82 Å². The summed E-state index contributed by atoms with van der Waals surface area (Å²) in [5.41, 5.74) is 2.97. The predicted octanol–water partition coefficient (Wildman–Crippen LogP) is 2.93. The fourth-order valence-electron chi connectivity index (χ4n) is 2.84. The normalized spacial score (nSPS) is 14.9. The Morgan fingerprint density at radius 2 is 1.75 bits per heavy atom. The molecule has 1 heterocycles. The molecule has 4 nitrogen and oxygen atoms in total. The number of rotatable bonds is 2. The molecule has 1 saturated heterocycles. The van der Waals surface area contributed by atoms with Gasteiger partial charge in [-0.3, -0.25) is 9.59 Å². The maximum absolute atomic E-state index is 13.4. The molecule has 0 spiro atoms. The number of carbonyl (C=O) groups is 2. The first-order valence-electron chi connectivity index (χ1n) is 7.88. The van der Waals surface area contributed by atoms with E-state index in [1.807, 2.05) is 31.2 Å². The van der Waals surface area contributed by atoms with Gasteiger partial charge < -0.3 is 9.80 Å². The molecule has 2 amide bonds. The van der Waals surface area contributed by atoms with Crippen molar-refractivity contribution in [3.63, 3.8) is 0 Å². The van der Waals surface area contributed by atoms with Crippen molar-refractivity contribution in [2.45, 2.75) is 13.8 Å². The number of halogens is 1. The summed E-state index contributed by atoms with van der Waals surface area (Å²) in [4.78, 5) is 28.2. The first kappa shape index (κ1) is 16.2. The van der Waals surface area contributed by atoms with Crippen molar-refractivity contribution in [2.75, 3.05) is 24.5 Å². The molecule has 1 aliphatic heterocycles. The smallest absolute Gasteiger partial charge is 0.254 e. The average molecular weight is 326 g/mol. The number of nitrogens with zero attached hydrogens (tertiary/aromatic N) is 2. The van der Waals surface area contributed by atoms with E-state index in [-0.39, 0.29) is 18.4 Å². The Hall–Kier alpha value is -2.69. The number of piperazine rings is 1. The maximum atomic E-state index is 13.4. The third-order valence-corrected chi connectivity index (χ3v) is 4.28. The number of anilines is 1. The minimum atomic E-state index is -0.450. The van der Waals surface area contributed by atoms with Crippen LogP contribution in [-0.4, -0.2) is 36.3 Å². The maximum Gasteiger partial charge on any atom is 0.254 e. The van der Waals surface area contributed by atoms with Gasteiger partial charge in [-0.1, -0.05) is 23.8 Å². The molecule has 5 heteroatoms. The largest absolute Gasteiger partial charge is 0.328 e. The third kappa shape index (κ3) is 3.15. The lowest BCUT2D eigenvalue weighted by molar-refractivity contribution is -0.120. The van der Waals surface area contributed by atoms with Gasteiger partial charge in [-0.25, -0.2) is 4.39 Å². The van der Waals surface area contributed by atoms with Crippen LogP contribution in [0.1, 0.15) is 21.5 Å². The summed E-state index contributed by atoms with van der Waals surface area (Å²) >= 11 is 0. The minimum absolute atomic E-state index is 0.00264. The number of aryl methyl sites for hydroxylation is 2. The van der Waals surface area contributed by atoms with Gasteiger partial charge in [0, 0.05) is 24.3 Å². The highest BCUT2D eigenvalue weighted by Crippen LogP contribution is 2.20. The summed E-state index contributed by atoms with van der Waals surface area (Å²) in [6.45, 7) is 4.61. The van der Waals surface area contributed by atoms with Gasteiger partial charge in [0.25, 0.3) is 5.91 Å². The Balaban J connectivity index is 1.75. The molecule has 2 aromatic carbocycles. The zero-order chi connectivity index (χ0) is 17.3. The van der Waals surface area contributed by atoms with Crippen LogP contribution >= 0.6 is 0 Å². The first-order chi connectivity index (χ1) is 11.5. The summed E-state index contributed by atoms with van der Waals surface area (Å²) in [5, 5.41) is 0. The molecule has 0 unspecified atom stereocenters. The van der Waals surface area contributed by atoms with Crippen LogP contribution in [-0.2, 0) is 4.79 Å². The Kier molecular flexibility index (Phi) is 4.34. The average Bonchev–Trinajstić information content (AvgIpc) is 2.57. The molecule has 0 saturated carbocycles. The van der Waals surface area contributed by atoms with Gasteiger partial charge in [-0.15, -0.1) is 0 Å². The van der Waals surface area contributed by atoms with Gasteiger partial charge in [-0.05, 0) is 43.7 Å². The predicted molar refractivity (Wildman–Crippen MR) is 90.6 cm³/mol. The molecule has 0 aromatic heterocycles. The van der Waals surface area contributed by atoms with Gasteiger partial charge in [0.05, 0.1) is 0 Å². The van der Waals surface area contributed by atoms with E-state index in [0.717, 1.165) is 11.3 Å². The molecule has 0 bridgehead atoms. The van der Waals surface area contributed by atoms with Crippen molar-refractivity contribution in [2.24, 2.45) is 0 Å². The molecule has 0 atom stereocenters. The van der Waals surface area contributed by atoms with Crippen LogP contribution in [0.15, 0.2) is 42.5 Å². The van der Waals surface area contributed by atoms with Crippen molar-refractivity contribution in [1.29, 1.82) is 0 Å². The number of benzene rings is 2. The van der Waals surface area contributed by atoms with Crippen LogP contribution in [0.5, 0.6) is 0 Å². The molecule has 1 fully saturated rings. The highest BCUT2D eigenvalue weighted by molar-refractivity contribution is 6.02. The van der Waals surface area contributed by atoms with Crippen LogP contribution < -0.4 is 4.90 Å². The van der Waals surface area contributed by atoms with Gasteiger partial charge in [0.15, 0.2) is 0 Å². The number of amides is 2. The second-order valence-corrected chi connectivity index (χ2v) is 6.07. The summed E-state index contributed by atoms with van der Waals surface area (Å²) < 4.78 is 13.4. The summed E-state index contributed by atoms with van der Waals surface area (Å²) in [5.74, 6) is -0.884. The number of hydrogen-bond acceptors (Lipinski definition) is 2. The SMILES string of the molecule is Cc1ccc(N2CCN(C(=O)c3cc(F)ccc3C)CC2=O)cc1. The van der Waals surface area contributed by atoms with Gasteiger partial charge >= 0.3 is 0 Å². The lowest BCUT2D eigenvalue weighted by Crippen LogP contribution is -2.52. The van der Waals surface area contributed by atoms with E-state index in [2.05, 4.69) is 0 Å². The molecule has 0 N–H and O–H groups in total. The van der Waals surface area contributed by atoms with Crippen LogP contribution in [0.2, 0.25) is 0 Å². The van der Waals surface area contributed by atoms with Crippen molar-refractivity contribution < 1.29 is 14.0 Å². The van der Waals surface area contributed by atoms with E-state index in [0.29, 0.717) is 24.2 Å². The molecule has 24 heavy (non-hydrogen) atoms. The van der Waals surface area contributed by atoms with Crippen LogP contribution in [0.25, 0.3) is 0 Å².